The van der Waals surface area contributed by atoms with Crippen molar-refractivity contribution < 1.29 is 4.74 Å². The Hall–Kier alpha value is -2.35. The van der Waals surface area contributed by atoms with Crippen LogP contribution in [0.5, 0.6) is 5.75 Å². The lowest BCUT2D eigenvalue weighted by Gasteiger charge is -2.29. The summed E-state index contributed by atoms with van der Waals surface area (Å²) >= 11 is 0. The first-order chi connectivity index (χ1) is 12.5. The second-order valence-electron chi connectivity index (χ2n) is 8.88. The third-order valence-electron chi connectivity index (χ3n) is 6.10. The van der Waals surface area contributed by atoms with Crippen molar-refractivity contribution in [2.75, 3.05) is 0 Å². The number of nitrogens with zero attached hydrogens (tertiary/aromatic N) is 1. The molecule has 3 aliphatic rings. The summed E-state index contributed by atoms with van der Waals surface area (Å²) in [4.78, 5) is 4.79. The van der Waals surface area contributed by atoms with Crippen molar-refractivity contribution in [1.82, 2.24) is 0 Å². The van der Waals surface area contributed by atoms with Crippen LogP contribution in [0.25, 0.3) is 10.8 Å². The largest absolute Gasteiger partial charge is 0.488 e. The number of aliphatic imine (C=N–C) groups is 1. The number of rotatable bonds is 1. The third kappa shape index (κ3) is 2.43. The maximum absolute atomic E-state index is 6.50. The third-order valence-corrected chi connectivity index (χ3v) is 6.10. The molecule has 5 rings (SSSR count). The molecule has 0 aromatic heterocycles. The van der Waals surface area contributed by atoms with Crippen LogP contribution in [-0.4, -0.2) is 12.3 Å². The number of benzene rings is 2. The van der Waals surface area contributed by atoms with Crippen molar-refractivity contribution in [3.8, 4) is 5.75 Å². The number of allylic oxidation sites excluding steroid dienone is 2. The van der Waals surface area contributed by atoms with Crippen molar-refractivity contribution in [2.45, 2.75) is 39.2 Å². The highest BCUT2D eigenvalue weighted by Gasteiger charge is 2.42. The molecule has 0 saturated carbocycles. The van der Waals surface area contributed by atoms with E-state index in [1.54, 1.807) is 0 Å². The van der Waals surface area contributed by atoms with Gasteiger partial charge in [-0.25, -0.2) is 0 Å². The minimum Gasteiger partial charge on any atom is -0.488 e. The number of hydrogen-bond donors (Lipinski definition) is 0. The van der Waals surface area contributed by atoms with Gasteiger partial charge in [-0.15, -0.1) is 0 Å². The normalized spacial score (nSPS) is 29.4. The molecular formula is C24H25NO. The Morgan fingerprint density at radius 2 is 1.85 bits per heavy atom. The summed E-state index contributed by atoms with van der Waals surface area (Å²) in [7, 11) is 0. The van der Waals surface area contributed by atoms with Gasteiger partial charge in [0.05, 0.1) is 5.92 Å². The Kier molecular flexibility index (Phi) is 3.40. The van der Waals surface area contributed by atoms with E-state index < -0.39 is 0 Å². The van der Waals surface area contributed by atoms with Gasteiger partial charge < -0.3 is 4.74 Å². The van der Waals surface area contributed by atoms with Crippen LogP contribution >= 0.6 is 0 Å². The lowest BCUT2D eigenvalue weighted by Crippen LogP contribution is -2.30. The zero-order chi connectivity index (χ0) is 17.9. The molecular weight excluding hydrogens is 318 g/mol. The molecule has 2 aromatic carbocycles. The van der Waals surface area contributed by atoms with E-state index in [4.69, 9.17) is 9.73 Å². The molecule has 2 heteroatoms. The first kappa shape index (κ1) is 15.9. The zero-order valence-electron chi connectivity index (χ0n) is 15.6. The summed E-state index contributed by atoms with van der Waals surface area (Å²) in [5, 5.41) is 2.55. The first-order valence-electron chi connectivity index (χ1n) is 9.62. The minimum atomic E-state index is 0.161. The number of ether oxygens (including phenoxy) is 1. The molecule has 0 amide bonds. The summed E-state index contributed by atoms with van der Waals surface area (Å²) in [5.41, 5.74) is 2.74. The predicted molar refractivity (Wildman–Crippen MR) is 108 cm³/mol. The van der Waals surface area contributed by atoms with E-state index in [0.717, 1.165) is 12.2 Å². The smallest absolute Gasteiger partial charge is 0.124 e. The summed E-state index contributed by atoms with van der Waals surface area (Å²) in [6.07, 6.45) is 10.3. The molecule has 4 unspecified atom stereocenters. The van der Waals surface area contributed by atoms with Crippen LogP contribution in [-0.2, 0) is 0 Å². The van der Waals surface area contributed by atoms with Gasteiger partial charge in [-0.3, -0.25) is 4.99 Å². The fraction of sp³-hybridized carbons (Fsp3) is 0.375. The predicted octanol–water partition coefficient (Wildman–Crippen LogP) is 5.89. The SMILES string of the molecule is CC(C)(C)C1C=NC(C2C=CCC3c4cc5ccccc5cc4OC23)=C1. The molecule has 2 nitrogen and oxygen atoms in total. The molecule has 26 heavy (non-hydrogen) atoms. The quantitative estimate of drug-likeness (QED) is 0.592. The van der Waals surface area contributed by atoms with Crippen molar-refractivity contribution in [3.63, 3.8) is 0 Å². The van der Waals surface area contributed by atoms with Gasteiger partial charge in [-0.1, -0.05) is 63.3 Å². The Bertz CT molecular complexity index is 960. The van der Waals surface area contributed by atoms with Crippen LogP contribution in [0.4, 0.5) is 0 Å². The van der Waals surface area contributed by atoms with Crippen molar-refractivity contribution in [3.05, 3.63) is 65.9 Å². The molecule has 1 aliphatic carbocycles. The minimum absolute atomic E-state index is 0.161. The van der Waals surface area contributed by atoms with Gasteiger partial charge in [0.25, 0.3) is 0 Å². The van der Waals surface area contributed by atoms with E-state index >= 15 is 0 Å². The molecule has 0 bridgehead atoms. The molecule has 0 spiro atoms. The molecule has 4 atom stereocenters. The second-order valence-corrected chi connectivity index (χ2v) is 8.88. The van der Waals surface area contributed by atoms with Gasteiger partial charge >= 0.3 is 0 Å². The summed E-state index contributed by atoms with van der Waals surface area (Å²) in [5.74, 6) is 2.13. The highest BCUT2D eigenvalue weighted by atomic mass is 16.5. The zero-order valence-corrected chi connectivity index (χ0v) is 15.6. The number of fused-ring (bicyclic) bond motifs is 4. The molecule has 2 heterocycles. The van der Waals surface area contributed by atoms with Crippen molar-refractivity contribution in [1.29, 1.82) is 0 Å². The Morgan fingerprint density at radius 3 is 2.58 bits per heavy atom. The average molecular weight is 343 g/mol. The Labute approximate surface area is 155 Å². The van der Waals surface area contributed by atoms with Gasteiger partial charge in [0.1, 0.15) is 11.9 Å². The van der Waals surface area contributed by atoms with Crippen LogP contribution in [0.2, 0.25) is 0 Å². The maximum Gasteiger partial charge on any atom is 0.124 e. The van der Waals surface area contributed by atoms with E-state index in [9.17, 15) is 0 Å². The topological polar surface area (TPSA) is 21.6 Å². The van der Waals surface area contributed by atoms with Crippen LogP contribution < -0.4 is 4.74 Å². The van der Waals surface area contributed by atoms with Gasteiger partial charge in [0, 0.05) is 29.3 Å². The van der Waals surface area contributed by atoms with Gasteiger partial charge in [0.15, 0.2) is 0 Å². The maximum atomic E-state index is 6.50. The fourth-order valence-electron chi connectivity index (χ4n) is 4.47. The summed E-state index contributed by atoms with van der Waals surface area (Å²) < 4.78 is 6.50. The summed E-state index contributed by atoms with van der Waals surface area (Å²) in [6.45, 7) is 6.82. The number of hydrogen-bond acceptors (Lipinski definition) is 2. The van der Waals surface area contributed by atoms with E-state index in [0.29, 0.717) is 11.8 Å². The van der Waals surface area contributed by atoms with Crippen molar-refractivity contribution in [2.24, 2.45) is 22.2 Å². The van der Waals surface area contributed by atoms with Crippen molar-refractivity contribution >= 4 is 17.0 Å². The lowest BCUT2D eigenvalue weighted by atomic mass is 9.78. The average Bonchev–Trinajstić information content (AvgIpc) is 3.24. The van der Waals surface area contributed by atoms with Gasteiger partial charge in [0.2, 0.25) is 0 Å². The molecule has 0 N–H and O–H groups in total. The van der Waals surface area contributed by atoms with Crippen LogP contribution in [0.3, 0.4) is 0 Å². The van der Waals surface area contributed by atoms with E-state index in [2.05, 4.69) is 81.6 Å². The Balaban J connectivity index is 1.51. The second kappa shape index (κ2) is 5.57. The molecule has 132 valence electrons. The monoisotopic (exact) mass is 343 g/mol. The van der Waals surface area contributed by atoms with Gasteiger partial charge in [-0.2, -0.15) is 0 Å². The van der Waals surface area contributed by atoms with Crippen LogP contribution in [0, 0.1) is 17.3 Å². The molecule has 2 aliphatic heterocycles. The highest BCUT2D eigenvalue weighted by Crippen LogP contribution is 2.49. The molecule has 0 saturated heterocycles. The molecule has 2 aromatic rings. The van der Waals surface area contributed by atoms with E-state index in [-0.39, 0.29) is 17.4 Å². The summed E-state index contributed by atoms with van der Waals surface area (Å²) in [6, 6.07) is 13.1. The van der Waals surface area contributed by atoms with Crippen LogP contribution in [0.1, 0.15) is 38.7 Å². The van der Waals surface area contributed by atoms with Crippen LogP contribution in [0.15, 0.2) is 65.3 Å². The lowest BCUT2D eigenvalue weighted by molar-refractivity contribution is 0.166. The first-order valence-corrected chi connectivity index (χ1v) is 9.62. The van der Waals surface area contributed by atoms with E-state index in [1.807, 2.05) is 0 Å². The highest BCUT2D eigenvalue weighted by molar-refractivity contribution is 5.85. The van der Waals surface area contributed by atoms with Gasteiger partial charge in [-0.05, 0) is 34.7 Å². The van der Waals surface area contributed by atoms with E-state index in [1.165, 1.54) is 22.0 Å². The Morgan fingerprint density at radius 1 is 1.08 bits per heavy atom. The molecule has 0 radical (unpaired) electrons. The fourth-order valence-corrected chi connectivity index (χ4v) is 4.47. The standard InChI is InChI=1S/C24H25NO/c1-24(2,3)17-13-21(25-14-17)19-10-6-9-18-20-11-15-7-4-5-8-16(15)12-22(20)26-23(18)19/h4-8,10-14,17-19,23H,9H2,1-3H3. The molecule has 0 fully saturated rings.